The van der Waals surface area contributed by atoms with E-state index in [4.69, 9.17) is 14.6 Å². The molecule has 0 aliphatic carbocycles. The molecule has 7 nitrogen and oxygen atoms in total. The Morgan fingerprint density at radius 1 is 1.12 bits per heavy atom. The number of benzene rings is 1. The van der Waals surface area contributed by atoms with Gasteiger partial charge in [0.1, 0.15) is 5.82 Å². The standard InChI is InChI=1S/C19H21N3O4/c1-13(14-2-4-16-17(10-14)26-12-25-16)21-6-8-22(9-7-21)18-5-3-15(11-20-18)19(23)24/h2-5,10-11,13H,6-9,12H2,1H3,(H,23,24)/t13-/m0/s1. The molecule has 0 saturated carbocycles. The molecule has 2 aliphatic heterocycles. The van der Waals surface area contributed by atoms with Crippen LogP contribution >= 0.6 is 0 Å². The summed E-state index contributed by atoms with van der Waals surface area (Å²) in [5.41, 5.74) is 1.43. The summed E-state index contributed by atoms with van der Waals surface area (Å²) in [5, 5.41) is 8.97. The van der Waals surface area contributed by atoms with Gasteiger partial charge in [-0.1, -0.05) is 6.07 Å². The second-order valence-electron chi connectivity index (χ2n) is 6.52. The first-order valence-corrected chi connectivity index (χ1v) is 8.70. The first-order chi connectivity index (χ1) is 12.6. The fourth-order valence-electron chi connectivity index (χ4n) is 3.42. The third kappa shape index (κ3) is 3.17. The van der Waals surface area contributed by atoms with Crippen LogP contribution in [-0.2, 0) is 0 Å². The summed E-state index contributed by atoms with van der Waals surface area (Å²) in [7, 11) is 0. The molecule has 1 N–H and O–H groups in total. The molecule has 0 bridgehead atoms. The molecule has 0 spiro atoms. The summed E-state index contributed by atoms with van der Waals surface area (Å²) < 4.78 is 10.9. The summed E-state index contributed by atoms with van der Waals surface area (Å²) >= 11 is 0. The topological polar surface area (TPSA) is 75.1 Å². The fourth-order valence-corrected chi connectivity index (χ4v) is 3.42. The summed E-state index contributed by atoms with van der Waals surface area (Å²) in [5.74, 6) is 1.49. The number of aromatic nitrogens is 1. The highest BCUT2D eigenvalue weighted by Gasteiger charge is 2.24. The van der Waals surface area contributed by atoms with Gasteiger partial charge in [-0.15, -0.1) is 0 Å². The van der Waals surface area contributed by atoms with Crippen LogP contribution in [0.25, 0.3) is 0 Å². The Morgan fingerprint density at radius 3 is 2.58 bits per heavy atom. The second-order valence-corrected chi connectivity index (χ2v) is 6.52. The Bertz CT molecular complexity index is 801. The van der Waals surface area contributed by atoms with Crippen LogP contribution in [0.2, 0.25) is 0 Å². The van der Waals surface area contributed by atoms with Gasteiger partial charge in [0.2, 0.25) is 6.79 Å². The lowest BCUT2D eigenvalue weighted by Crippen LogP contribution is -2.47. The van der Waals surface area contributed by atoms with Gasteiger partial charge in [0, 0.05) is 38.4 Å². The Morgan fingerprint density at radius 2 is 1.88 bits per heavy atom. The molecule has 1 saturated heterocycles. The number of fused-ring (bicyclic) bond motifs is 1. The van der Waals surface area contributed by atoms with Crippen molar-refractivity contribution in [3.8, 4) is 11.5 Å². The van der Waals surface area contributed by atoms with Crippen molar-refractivity contribution in [2.75, 3.05) is 37.9 Å². The van der Waals surface area contributed by atoms with Crippen LogP contribution in [0.15, 0.2) is 36.5 Å². The van der Waals surface area contributed by atoms with Gasteiger partial charge in [-0.3, -0.25) is 4.90 Å². The molecule has 1 fully saturated rings. The quantitative estimate of drug-likeness (QED) is 0.902. The van der Waals surface area contributed by atoms with E-state index in [-0.39, 0.29) is 11.6 Å². The number of rotatable bonds is 4. The van der Waals surface area contributed by atoms with E-state index in [9.17, 15) is 4.79 Å². The number of aromatic carboxylic acids is 1. The van der Waals surface area contributed by atoms with Gasteiger partial charge < -0.3 is 19.5 Å². The van der Waals surface area contributed by atoms with Crippen LogP contribution in [0.4, 0.5) is 5.82 Å². The highest BCUT2D eigenvalue weighted by molar-refractivity contribution is 5.87. The van der Waals surface area contributed by atoms with Gasteiger partial charge in [-0.2, -0.15) is 0 Å². The van der Waals surface area contributed by atoms with Crippen LogP contribution in [-0.4, -0.2) is 53.9 Å². The van der Waals surface area contributed by atoms with Crippen molar-refractivity contribution in [1.29, 1.82) is 0 Å². The van der Waals surface area contributed by atoms with Gasteiger partial charge in [0.25, 0.3) is 0 Å². The maximum atomic E-state index is 10.9. The van der Waals surface area contributed by atoms with E-state index in [0.29, 0.717) is 6.79 Å². The van der Waals surface area contributed by atoms with Crippen molar-refractivity contribution in [3.05, 3.63) is 47.7 Å². The lowest BCUT2D eigenvalue weighted by atomic mass is 10.1. The van der Waals surface area contributed by atoms with E-state index in [1.165, 1.54) is 11.8 Å². The molecule has 0 radical (unpaired) electrons. The van der Waals surface area contributed by atoms with Crippen molar-refractivity contribution in [2.45, 2.75) is 13.0 Å². The van der Waals surface area contributed by atoms with Gasteiger partial charge in [0.05, 0.1) is 5.56 Å². The van der Waals surface area contributed by atoms with Crippen LogP contribution in [0.1, 0.15) is 28.9 Å². The third-order valence-corrected chi connectivity index (χ3v) is 5.06. The molecule has 3 heterocycles. The Labute approximate surface area is 151 Å². The Kier molecular flexibility index (Phi) is 4.38. The number of anilines is 1. The van der Waals surface area contributed by atoms with Crippen molar-refractivity contribution in [1.82, 2.24) is 9.88 Å². The van der Waals surface area contributed by atoms with Crippen LogP contribution in [0.5, 0.6) is 11.5 Å². The van der Waals surface area contributed by atoms with Crippen molar-refractivity contribution in [3.63, 3.8) is 0 Å². The predicted molar refractivity (Wildman–Crippen MR) is 96.0 cm³/mol. The van der Waals surface area contributed by atoms with E-state index >= 15 is 0 Å². The van der Waals surface area contributed by atoms with Gasteiger partial charge in [-0.25, -0.2) is 9.78 Å². The number of piperazine rings is 1. The number of nitrogens with zero attached hydrogens (tertiary/aromatic N) is 3. The summed E-state index contributed by atoms with van der Waals surface area (Å²) in [6, 6.07) is 9.79. The summed E-state index contributed by atoms with van der Waals surface area (Å²) in [4.78, 5) is 19.8. The normalized spacial score (nSPS) is 18.0. The van der Waals surface area contributed by atoms with E-state index < -0.39 is 5.97 Å². The minimum absolute atomic E-state index is 0.212. The number of carboxylic acid groups (broad SMARTS) is 1. The summed E-state index contributed by atoms with van der Waals surface area (Å²) in [6.07, 6.45) is 1.42. The Hall–Kier alpha value is -2.80. The average molecular weight is 355 g/mol. The smallest absolute Gasteiger partial charge is 0.337 e. The highest BCUT2D eigenvalue weighted by atomic mass is 16.7. The lowest BCUT2D eigenvalue weighted by molar-refractivity contribution is 0.0696. The second kappa shape index (κ2) is 6.84. The molecule has 7 heteroatoms. The zero-order valence-corrected chi connectivity index (χ0v) is 14.6. The average Bonchev–Trinajstić information content (AvgIpc) is 3.15. The van der Waals surface area contributed by atoms with E-state index in [2.05, 4.69) is 33.8 Å². The fraction of sp³-hybridized carbons (Fsp3) is 0.368. The van der Waals surface area contributed by atoms with Crippen molar-refractivity contribution in [2.24, 2.45) is 0 Å². The number of carboxylic acids is 1. The first kappa shape index (κ1) is 16.7. The molecule has 136 valence electrons. The minimum atomic E-state index is -0.952. The Balaban J connectivity index is 1.39. The molecule has 1 aromatic heterocycles. The molecule has 2 aliphatic rings. The van der Waals surface area contributed by atoms with Crippen molar-refractivity contribution < 1.29 is 19.4 Å². The zero-order valence-electron chi connectivity index (χ0n) is 14.6. The molecule has 1 aromatic carbocycles. The number of pyridine rings is 1. The van der Waals surface area contributed by atoms with E-state index in [1.807, 2.05) is 6.07 Å². The van der Waals surface area contributed by atoms with E-state index in [0.717, 1.165) is 43.5 Å². The molecular weight excluding hydrogens is 334 g/mol. The molecular formula is C19H21N3O4. The van der Waals surface area contributed by atoms with Gasteiger partial charge in [0.15, 0.2) is 11.5 Å². The van der Waals surface area contributed by atoms with Crippen LogP contribution in [0.3, 0.4) is 0 Å². The van der Waals surface area contributed by atoms with Gasteiger partial charge in [-0.05, 0) is 36.8 Å². The molecule has 0 amide bonds. The van der Waals surface area contributed by atoms with Gasteiger partial charge >= 0.3 is 5.97 Å². The third-order valence-electron chi connectivity index (χ3n) is 5.06. The monoisotopic (exact) mass is 355 g/mol. The first-order valence-electron chi connectivity index (χ1n) is 8.70. The lowest BCUT2D eigenvalue weighted by Gasteiger charge is -2.38. The maximum absolute atomic E-state index is 10.9. The van der Waals surface area contributed by atoms with Crippen LogP contribution in [0, 0.1) is 0 Å². The molecule has 0 unspecified atom stereocenters. The highest BCUT2D eigenvalue weighted by Crippen LogP contribution is 2.35. The van der Waals surface area contributed by atoms with E-state index in [1.54, 1.807) is 12.1 Å². The van der Waals surface area contributed by atoms with Crippen molar-refractivity contribution >= 4 is 11.8 Å². The minimum Gasteiger partial charge on any atom is -0.478 e. The number of ether oxygens (including phenoxy) is 2. The SMILES string of the molecule is C[C@@H](c1ccc2c(c1)OCO2)N1CCN(c2ccc(C(=O)O)cn2)CC1. The molecule has 1 atom stereocenters. The molecule has 2 aromatic rings. The largest absolute Gasteiger partial charge is 0.478 e. The molecule has 26 heavy (non-hydrogen) atoms. The number of carbonyl (C=O) groups is 1. The molecule has 4 rings (SSSR count). The maximum Gasteiger partial charge on any atom is 0.337 e. The predicted octanol–water partition coefficient (Wildman–Crippen LogP) is 2.39. The summed E-state index contributed by atoms with van der Waals surface area (Å²) in [6.45, 7) is 6.03. The zero-order chi connectivity index (χ0) is 18.1. The number of hydrogen-bond donors (Lipinski definition) is 1. The van der Waals surface area contributed by atoms with Crippen LogP contribution < -0.4 is 14.4 Å². The number of hydrogen-bond acceptors (Lipinski definition) is 6.